The van der Waals surface area contributed by atoms with Crippen LogP contribution in [-0.4, -0.2) is 41.5 Å². The lowest BCUT2D eigenvalue weighted by molar-refractivity contribution is 0.415. The third kappa shape index (κ3) is 5.46. The van der Waals surface area contributed by atoms with E-state index < -0.39 is 9.84 Å². The lowest BCUT2D eigenvalue weighted by Gasteiger charge is -2.06. The van der Waals surface area contributed by atoms with Crippen molar-refractivity contribution >= 4 is 9.84 Å². The molecular formula is C28H26N4O4S. The van der Waals surface area contributed by atoms with Gasteiger partial charge in [0.1, 0.15) is 11.6 Å². The van der Waals surface area contributed by atoms with Crippen LogP contribution in [0.2, 0.25) is 0 Å². The Bertz CT molecular complexity index is 1620. The average Bonchev–Trinajstić information content (AvgIpc) is 3.55. The van der Waals surface area contributed by atoms with E-state index >= 15 is 0 Å². The number of hydrogen-bond acceptors (Lipinski definition) is 7. The van der Waals surface area contributed by atoms with Crippen LogP contribution in [0.1, 0.15) is 17.3 Å². The molecule has 0 saturated carbocycles. The third-order valence-electron chi connectivity index (χ3n) is 5.98. The lowest BCUT2D eigenvalue weighted by Crippen LogP contribution is -2.05. The Morgan fingerprint density at radius 1 is 0.892 bits per heavy atom. The molecule has 0 spiro atoms. The number of oxazole rings is 1. The van der Waals surface area contributed by atoms with Gasteiger partial charge in [0.15, 0.2) is 27.3 Å². The highest BCUT2D eigenvalue weighted by atomic mass is 32.2. The van der Waals surface area contributed by atoms with Crippen LogP contribution in [0.4, 0.5) is 0 Å². The summed E-state index contributed by atoms with van der Waals surface area (Å²) in [6.07, 6.45) is 3.96. The molecule has 0 aliphatic carbocycles. The molecule has 0 bridgehead atoms. The number of hydrogen-bond donors (Lipinski definition) is 0. The van der Waals surface area contributed by atoms with Crippen LogP contribution in [-0.2, 0) is 22.7 Å². The second-order valence-electron chi connectivity index (χ2n) is 8.74. The lowest BCUT2D eigenvalue weighted by atomic mass is 10.1. The molecule has 0 atom stereocenters. The van der Waals surface area contributed by atoms with Crippen molar-refractivity contribution in [1.29, 1.82) is 0 Å². The number of sulfone groups is 1. The molecule has 0 aliphatic rings. The summed E-state index contributed by atoms with van der Waals surface area (Å²) in [5.41, 5.74) is 3.70. The first-order chi connectivity index (χ1) is 17.8. The van der Waals surface area contributed by atoms with E-state index in [2.05, 4.69) is 4.98 Å². The first kappa shape index (κ1) is 24.5. The molecule has 0 fully saturated rings. The Balaban J connectivity index is 1.44. The minimum absolute atomic E-state index is 0.247. The van der Waals surface area contributed by atoms with Gasteiger partial charge >= 0.3 is 0 Å². The molecule has 5 aromatic rings. The maximum Gasteiger partial charge on any atom is 0.195 e. The van der Waals surface area contributed by atoms with Crippen molar-refractivity contribution < 1.29 is 17.6 Å². The monoisotopic (exact) mass is 514 g/mol. The Kier molecular flexibility index (Phi) is 6.62. The van der Waals surface area contributed by atoms with Crippen molar-refractivity contribution in [3.63, 3.8) is 0 Å². The second-order valence-corrected chi connectivity index (χ2v) is 10.8. The molecule has 2 aromatic heterocycles. The summed E-state index contributed by atoms with van der Waals surface area (Å²) in [4.78, 5) is 9.49. The Hall–Kier alpha value is -4.24. The fraction of sp³-hybridized carbons (Fsp3) is 0.179. The zero-order valence-corrected chi connectivity index (χ0v) is 21.6. The molecule has 0 amide bonds. The summed E-state index contributed by atoms with van der Waals surface area (Å²) in [7, 11) is -1.69. The molecule has 0 aliphatic heterocycles. The van der Waals surface area contributed by atoms with Crippen molar-refractivity contribution in [2.45, 2.75) is 24.7 Å². The topological polar surface area (TPSA) is 100 Å². The first-order valence-corrected chi connectivity index (χ1v) is 13.6. The molecule has 0 N–H and O–H groups in total. The van der Waals surface area contributed by atoms with Gasteiger partial charge in [-0.05, 0) is 55.5 Å². The largest absolute Gasteiger partial charge is 0.497 e. The van der Waals surface area contributed by atoms with E-state index in [1.807, 2.05) is 55.5 Å². The van der Waals surface area contributed by atoms with Crippen LogP contribution >= 0.6 is 0 Å². The summed E-state index contributed by atoms with van der Waals surface area (Å²) in [6, 6.07) is 22.2. The normalized spacial score (nSPS) is 11.5. The van der Waals surface area contributed by atoms with Gasteiger partial charge in [0.05, 0.1) is 23.9 Å². The van der Waals surface area contributed by atoms with Gasteiger partial charge in [-0.3, -0.25) is 0 Å². The minimum Gasteiger partial charge on any atom is -0.497 e. The molecule has 0 saturated heterocycles. The van der Waals surface area contributed by atoms with E-state index in [9.17, 15) is 8.42 Å². The van der Waals surface area contributed by atoms with Crippen molar-refractivity contribution in [1.82, 2.24) is 19.7 Å². The maximum absolute atomic E-state index is 11.9. The number of nitrogens with zero attached hydrogens (tertiary/aromatic N) is 4. The molecule has 0 unspecified atom stereocenters. The predicted molar refractivity (Wildman–Crippen MR) is 141 cm³/mol. The highest BCUT2D eigenvalue weighted by Gasteiger charge is 2.16. The van der Waals surface area contributed by atoms with E-state index in [1.54, 1.807) is 42.3 Å². The van der Waals surface area contributed by atoms with Crippen LogP contribution in [0.3, 0.4) is 0 Å². The molecule has 5 rings (SSSR count). The summed E-state index contributed by atoms with van der Waals surface area (Å²) in [5, 5.41) is 4.74. The Morgan fingerprint density at radius 2 is 1.57 bits per heavy atom. The zero-order valence-electron chi connectivity index (χ0n) is 20.7. The van der Waals surface area contributed by atoms with E-state index in [1.165, 1.54) is 11.8 Å². The Morgan fingerprint density at radius 3 is 2.22 bits per heavy atom. The fourth-order valence-electron chi connectivity index (χ4n) is 3.91. The van der Waals surface area contributed by atoms with Crippen LogP contribution in [0.5, 0.6) is 5.75 Å². The predicted octanol–water partition coefficient (Wildman–Crippen LogP) is 5.10. The van der Waals surface area contributed by atoms with Crippen LogP contribution in [0, 0.1) is 6.92 Å². The zero-order chi connectivity index (χ0) is 26.0. The molecular weight excluding hydrogens is 488 g/mol. The highest BCUT2D eigenvalue weighted by molar-refractivity contribution is 7.90. The van der Waals surface area contributed by atoms with Crippen LogP contribution in [0.25, 0.3) is 28.4 Å². The van der Waals surface area contributed by atoms with Gasteiger partial charge in [-0.25, -0.2) is 23.1 Å². The number of aryl methyl sites for hydroxylation is 3. The average molecular weight is 515 g/mol. The smallest absolute Gasteiger partial charge is 0.195 e. The standard InChI is InChI=1S/C28H26N4O4S/c1-19-4-6-20(7-5-19)25-18-29-27(36-25)17-16-26-30-28(21-8-12-23(35-2)13-9-21)31-32(26)22-10-14-24(15-11-22)37(3,33)34/h4-15,18H,16-17H2,1-3H3. The van der Waals surface area contributed by atoms with Gasteiger partial charge in [-0.2, -0.15) is 0 Å². The molecule has 37 heavy (non-hydrogen) atoms. The highest BCUT2D eigenvalue weighted by Crippen LogP contribution is 2.24. The van der Waals surface area contributed by atoms with Crippen molar-refractivity contribution in [2.24, 2.45) is 0 Å². The number of aromatic nitrogens is 4. The van der Waals surface area contributed by atoms with Gasteiger partial charge < -0.3 is 9.15 Å². The number of benzene rings is 3. The van der Waals surface area contributed by atoms with Crippen LogP contribution in [0.15, 0.2) is 88.3 Å². The molecule has 2 heterocycles. The first-order valence-electron chi connectivity index (χ1n) is 11.7. The van der Waals surface area contributed by atoms with Gasteiger partial charge in [-0.1, -0.05) is 29.8 Å². The van der Waals surface area contributed by atoms with Crippen LogP contribution < -0.4 is 4.74 Å². The molecule has 3 aromatic carbocycles. The quantitative estimate of drug-likeness (QED) is 0.284. The van der Waals surface area contributed by atoms with Gasteiger partial charge in [0, 0.05) is 30.2 Å². The van der Waals surface area contributed by atoms with Crippen molar-refractivity contribution in [2.75, 3.05) is 13.4 Å². The molecule has 9 heteroatoms. The molecule has 0 radical (unpaired) electrons. The van der Waals surface area contributed by atoms with Crippen molar-refractivity contribution in [3.05, 3.63) is 96.3 Å². The summed E-state index contributed by atoms with van der Waals surface area (Å²) in [5.74, 6) is 3.31. The van der Waals surface area contributed by atoms with E-state index in [0.717, 1.165) is 16.9 Å². The summed E-state index contributed by atoms with van der Waals surface area (Å²) in [6.45, 7) is 2.04. The minimum atomic E-state index is -3.30. The number of methoxy groups -OCH3 is 1. The van der Waals surface area contributed by atoms with E-state index in [0.29, 0.717) is 41.8 Å². The van der Waals surface area contributed by atoms with Crippen molar-refractivity contribution in [3.8, 4) is 34.1 Å². The van der Waals surface area contributed by atoms with E-state index in [4.69, 9.17) is 19.2 Å². The molecule has 188 valence electrons. The van der Waals surface area contributed by atoms with Gasteiger partial charge in [0.2, 0.25) is 0 Å². The van der Waals surface area contributed by atoms with E-state index in [-0.39, 0.29) is 4.90 Å². The SMILES string of the molecule is COc1ccc(-c2nc(CCc3ncc(-c4ccc(C)cc4)o3)n(-c3ccc(S(C)(=O)=O)cc3)n2)cc1. The second kappa shape index (κ2) is 10.0. The van der Waals surface area contributed by atoms with Gasteiger partial charge in [-0.15, -0.1) is 5.10 Å². The number of rotatable bonds is 8. The Labute approximate surface area is 215 Å². The maximum atomic E-state index is 11.9. The number of ether oxygens (including phenoxy) is 1. The third-order valence-corrected chi connectivity index (χ3v) is 7.11. The summed E-state index contributed by atoms with van der Waals surface area (Å²) >= 11 is 0. The molecule has 8 nitrogen and oxygen atoms in total. The van der Waals surface area contributed by atoms with Gasteiger partial charge in [0.25, 0.3) is 0 Å². The summed E-state index contributed by atoms with van der Waals surface area (Å²) < 4.78 is 36.8. The fourth-order valence-corrected chi connectivity index (χ4v) is 4.54.